The first-order valence-electron chi connectivity index (χ1n) is 9.36. The summed E-state index contributed by atoms with van der Waals surface area (Å²) in [4.78, 5) is 0. The van der Waals surface area contributed by atoms with E-state index in [-0.39, 0.29) is 12.2 Å². The maximum absolute atomic E-state index is 14.0. The highest BCUT2D eigenvalue weighted by atomic mass is 19.1. The van der Waals surface area contributed by atoms with Crippen LogP contribution in [0.5, 0.6) is 17.2 Å². The van der Waals surface area contributed by atoms with Crippen molar-refractivity contribution < 1.29 is 13.9 Å². The summed E-state index contributed by atoms with van der Waals surface area (Å²) in [5.74, 6) is 1.01. The van der Waals surface area contributed by atoms with Gasteiger partial charge in [-0.2, -0.15) is 5.26 Å². The van der Waals surface area contributed by atoms with Crippen LogP contribution in [0.25, 0.3) is 11.1 Å². The number of nitriles is 1. The molecule has 0 fully saturated rings. The number of unbranched alkanes of at least 4 members (excludes halogenated alkanes) is 1. The zero-order valence-corrected chi connectivity index (χ0v) is 15.8. The van der Waals surface area contributed by atoms with Crippen LogP contribution in [-0.4, -0.2) is 6.61 Å². The van der Waals surface area contributed by atoms with E-state index in [4.69, 9.17) is 14.7 Å². The molecular weight excluding hydrogens is 353 g/mol. The van der Waals surface area contributed by atoms with Gasteiger partial charge in [0.25, 0.3) is 0 Å². The molecule has 0 aliphatic carbocycles. The smallest absolute Gasteiger partial charge is 0.165 e. The van der Waals surface area contributed by atoms with Crippen molar-refractivity contribution in [2.45, 2.75) is 26.2 Å². The van der Waals surface area contributed by atoms with Gasteiger partial charge in [-0.05, 0) is 65.6 Å². The molecule has 3 aromatic carbocycles. The number of rotatable bonds is 8. The average Bonchev–Trinajstić information content (AvgIpc) is 2.70. The summed E-state index contributed by atoms with van der Waals surface area (Å²) in [6.45, 7) is 2.80. The second kappa shape index (κ2) is 9.57. The monoisotopic (exact) mass is 375 g/mol. The summed E-state index contributed by atoms with van der Waals surface area (Å²) in [5.41, 5.74) is 2.65. The number of nitrogens with zero attached hydrogens (tertiary/aromatic N) is 1. The van der Waals surface area contributed by atoms with Crippen LogP contribution in [0.1, 0.15) is 25.3 Å². The summed E-state index contributed by atoms with van der Waals surface area (Å²) in [6.07, 6.45) is 2.32. The first kappa shape index (κ1) is 19.4. The fraction of sp³-hybridized carbons (Fsp3) is 0.208. The van der Waals surface area contributed by atoms with Gasteiger partial charge >= 0.3 is 0 Å². The van der Waals surface area contributed by atoms with E-state index in [9.17, 15) is 4.39 Å². The van der Waals surface area contributed by atoms with Gasteiger partial charge in [0.15, 0.2) is 11.6 Å². The second-order valence-electron chi connectivity index (χ2n) is 6.46. The van der Waals surface area contributed by atoms with E-state index in [0.717, 1.165) is 35.3 Å². The molecule has 0 aliphatic heterocycles. The van der Waals surface area contributed by atoms with Gasteiger partial charge < -0.3 is 9.47 Å². The van der Waals surface area contributed by atoms with Crippen LogP contribution in [0, 0.1) is 17.1 Å². The van der Waals surface area contributed by atoms with Crippen molar-refractivity contribution >= 4 is 0 Å². The Labute approximate surface area is 165 Å². The van der Waals surface area contributed by atoms with Gasteiger partial charge in [-0.25, -0.2) is 4.39 Å². The molecule has 142 valence electrons. The Morgan fingerprint density at radius 1 is 0.929 bits per heavy atom. The third kappa shape index (κ3) is 5.11. The number of hydrogen-bond acceptors (Lipinski definition) is 3. The molecule has 0 N–H and O–H groups in total. The Morgan fingerprint density at radius 3 is 2.54 bits per heavy atom. The second-order valence-corrected chi connectivity index (χ2v) is 6.46. The van der Waals surface area contributed by atoms with Crippen LogP contribution in [0.3, 0.4) is 0 Å². The summed E-state index contributed by atoms with van der Waals surface area (Å²) in [6, 6.07) is 21.8. The molecular formula is C24H22FNO2. The Balaban J connectivity index is 1.92. The molecule has 4 heteroatoms. The molecule has 0 unspecified atom stereocenters. The number of para-hydroxylation sites is 1. The molecule has 3 rings (SSSR count). The minimum absolute atomic E-state index is 0.152. The maximum Gasteiger partial charge on any atom is 0.165 e. The highest BCUT2D eigenvalue weighted by molar-refractivity contribution is 5.68. The number of halogens is 1. The Morgan fingerprint density at radius 2 is 1.75 bits per heavy atom. The van der Waals surface area contributed by atoms with Crippen molar-refractivity contribution in [1.82, 2.24) is 0 Å². The maximum atomic E-state index is 14.0. The lowest BCUT2D eigenvalue weighted by Crippen LogP contribution is -1.96. The van der Waals surface area contributed by atoms with Gasteiger partial charge in [-0.1, -0.05) is 37.6 Å². The fourth-order valence-electron chi connectivity index (χ4n) is 2.83. The average molecular weight is 375 g/mol. The lowest BCUT2D eigenvalue weighted by Gasteiger charge is -2.12. The normalized spacial score (nSPS) is 10.3. The predicted molar refractivity (Wildman–Crippen MR) is 108 cm³/mol. The minimum atomic E-state index is -0.430. The predicted octanol–water partition coefficient (Wildman–Crippen LogP) is 6.53. The molecule has 0 radical (unpaired) electrons. The van der Waals surface area contributed by atoms with Crippen LogP contribution in [-0.2, 0) is 6.42 Å². The lowest BCUT2D eigenvalue weighted by molar-refractivity contribution is 0.309. The van der Waals surface area contributed by atoms with E-state index < -0.39 is 5.82 Å². The molecule has 0 saturated carbocycles. The molecule has 0 heterocycles. The molecule has 0 bridgehead atoms. The molecule has 0 amide bonds. The van der Waals surface area contributed by atoms with Gasteiger partial charge in [-0.15, -0.1) is 0 Å². The fourth-order valence-corrected chi connectivity index (χ4v) is 2.83. The number of benzene rings is 3. The summed E-state index contributed by atoms with van der Waals surface area (Å²) < 4.78 is 25.5. The van der Waals surface area contributed by atoms with Gasteiger partial charge in [0.1, 0.15) is 11.5 Å². The van der Waals surface area contributed by atoms with E-state index in [1.807, 2.05) is 36.4 Å². The van der Waals surface area contributed by atoms with E-state index in [0.29, 0.717) is 12.4 Å². The van der Waals surface area contributed by atoms with Crippen LogP contribution in [0.4, 0.5) is 4.39 Å². The van der Waals surface area contributed by atoms with Crippen molar-refractivity contribution in [1.29, 1.82) is 5.26 Å². The Bertz CT molecular complexity index is 978. The number of hydrogen-bond donors (Lipinski definition) is 0. The van der Waals surface area contributed by atoms with Crippen LogP contribution >= 0.6 is 0 Å². The summed E-state index contributed by atoms with van der Waals surface area (Å²) in [7, 11) is 0. The summed E-state index contributed by atoms with van der Waals surface area (Å²) >= 11 is 0. The van der Waals surface area contributed by atoms with Crippen LogP contribution < -0.4 is 9.47 Å². The first-order valence-corrected chi connectivity index (χ1v) is 9.36. The van der Waals surface area contributed by atoms with Crippen molar-refractivity contribution in [2.24, 2.45) is 0 Å². The molecule has 3 aromatic rings. The van der Waals surface area contributed by atoms with Gasteiger partial charge in [0, 0.05) is 0 Å². The highest BCUT2D eigenvalue weighted by Crippen LogP contribution is 2.32. The third-order valence-corrected chi connectivity index (χ3v) is 4.25. The Hall–Kier alpha value is -3.32. The zero-order chi connectivity index (χ0) is 19.8. The van der Waals surface area contributed by atoms with E-state index in [2.05, 4.69) is 13.0 Å². The first-order chi connectivity index (χ1) is 13.7. The van der Waals surface area contributed by atoms with Crippen molar-refractivity contribution in [3.05, 3.63) is 78.1 Å². The van der Waals surface area contributed by atoms with Crippen molar-refractivity contribution in [3.8, 4) is 34.4 Å². The molecule has 3 nitrogen and oxygen atoms in total. The SMILES string of the molecule is CCCCOc1cccc(-c2cc(CC#N)cc(Oc3ccccc3F)c2)c1. The highest BCUT2D eigenvalue weighted by Gasteiger charge is 2.09. The van der Waals surface area contributed by atoms with Crippen molar-refractivity contribution in [2.75, 3.05) is 6.61 Å². The quantitative estimate of drug-likeness (QED) is 0.420. The third-order valence-electron chi connectivity index (χ3n) is 4.25. The largest absolute Gasteiger partial charge is 0.494 e. The van der Waals surface area contributed by atoms with Crippen LogP contribution in [0.2, 0.25) is 0 Å². The zero-order valence-electron chi connectivity index (χ0n) is 15.8. The van der Waals surface area contributed by atoms with Crippen molar-refractivity contribution in [3.63, 3.8) is 0 Å². The lowest BCUT2D eigenvalue weighted by atomic mass is 10.0. The topological polar surface area (TPSA) is 42.2 Å². The van der Waals surface area contributed by atoms with E-state index in [1.54, 1.807) is 24.3 Å². The van der Waals surface area contributed by atoms with Gasteiger partial charge in [-0.3, -0.25) is 0 Å². The van der Waals surface area contributed by atoms with E-state index in [1.165, 1.54) is 6.07 Å². The van der Waals surface area contributed by atoms with E-state index >= 15 is 0 Å². The number of ether oxygens (including phenoxy) is 2. The molecule has 0 spiro atoms. The van der Waals surface area contributed by atoms with Gasteiger partial charge in [0.2, 0.25) is 0 Å². The molecule has 0 aromatic heterocycles. The molecule has 0 saturated heterocycles. The Kier molecular flexibility index (Phi) is 6.64. The van der Waals surface area contributed by atoms with Gasteiger partial charge in [0.05, 0.1) is 19.1 Å². The summed E-state index contributed by atoms with van der Waals surface area (Å²) in [5, 5.41) is 9.10. The molecule has 28 heavy (non-hydrogen) atoms. The molecule has 0 atom stereocenters. The van der Waals surface area contributed by atoms with Crippen LogP contribution in [0.15, 0.2) is 66.7 Å². The minimum Gasteiger partial charge on any atom is -0.494 e. The standard InChI is InChI=1S/C24H22FNO2/c1-2-3-13-27-21-8-6-7-19(16-21)20-14-18(11-12-26)15-22(17-20)28-24-10-5-4-9-23(24)25/h4-10,14-17H,2-3,11,13H2,1H3. The molecule has 0 aliphatic rings.